The summed E-state index contributed by atoms with van der Waals surface area (Å²) in [5, 5.41) is 12.6. The average molecular weight is 285 g/mol. The van der Waals surface area contributed by atoms with Crippen LogP contribution in [0.1, 0.15) is 28.7 Å². The van der Waals surface area contributed by atoms with Crippen LogP contribution in [0.4, 0.5) is 8.78 Å². The Labute approximate surface area is 121 Å². The summed E-state index contributed by atoms with van der Waals surface area (Å²) in [6.07, 6.45) is 0.102. The van der Waals surface area contributed by atoms with Crippen LogP contribution in [0.3, 0.4) is 0 Å². The van der Waals surface area contributed by atoms with E-state index in [9.17, 15) is 8.78 Å². The fourth-order valence-corrected chi connectivity index (χ4v) is 1.65. The summed E-state index contributed by atoms with van der Waals surface area (Å²) in [4.78, 5) is 5.06. The van der Waals surface area contributed by atoms with Gasteiger partial charge in [-0.05, 0) is 6.07 Å². The molecule has 5 heteroatoms. The first kappa shape index (κ1) is 14.7. The molecule has 3 nitrogen and oxygen atoms in total. The van der Waals surface area contributed by atoms with E-state index in [0.717, 1.165) is 5.56 Å². The first-order valence-electron chi connectivity index (χ1n) is 6.15. The number of benzene rings is 2. The van der Waals surface area contributed by atoms with Crippen molar-refractivity contribution in [1.82, 2.24) is 0 Å². The van der Waals surface area contributed by atoms with E-state index in [2.05, 4.69) is 17.4 Å². The molecule has 0 saturated carbocycles. The highest BCUT2D eigenvalue weighted by Gasteiger charge is 2.05. The van der Waals surface area contributed by atoms with Crippen LogP contribution in [0.15, 0.2) is 53.7 Å². The van der Waals surface area contributed by atoms with E-state index < -0.39 is 6.43 Å². The summed E-state index contributed by atoms with van der Waals surface area (Å²) in [5.74, 6) is 0. The Morgan fingerprint density at radius 1 is 1.10 bits per heavy atom. The van der Waals surface area contributed by atoms with E-state index in [4.69, 9.17) is 10.1 Å². The smallest absolute Gasteiger partial charge is 0.263 e. The highest BCUT2D eigenvalue weighted by Crippen LogP contribution is 2.18. The Morgan fingerprint density at radius 2 is 1.81 bits per heavy atom. The van der Waals surface area contributed by atoms with Gasteiger partial charge >= 0.3 is 0 Å². The van der Waals surface area contributed by atoms with Crippen LogP contribution >= 0.6 is 0 Å². The lowest BCUT2D eigenvalue weighted by Gasteiger charge is -2.01. The molecule has 2 aromatic rings. The molecule has 0 spiro atoms. The number of alkyl halides is 2. The predicted octanol–water partition coefficient (Wildman–Crippen LogP) is 3.92. The van der Waals surface area contributed by atoms with Crippen molar-refractivity contribution in [2.75, 3.05) is 0 Å². The molecule has 0 aromatic heterocycles. The number of nitrogens with zero attached hydrogens (tertiary/aromatic N) is 2. The summed E-state index contributed by atoms with van der Waals surface area (Å²) in [5.41, 5.74) is 1.73. The molecule has 105 valence electrons. The summed E-state index contributed by atoms with van der Waals surface area (Å²) in [7, 11) is 0. The van der Waals surface area contributed by atoms with E-state index in [0.29, 0.717) is 11.1 Å². The Bertz CT molecular complexity index is 661. The molecule has 0 bridgehead atoms. The van der Waals surface area contributed by atoms with Crippen LogP contribution in [-0.2, 0) is 11.4 Å². The van der Waals surface area contributed by atoms with Gasteiger partial charge in [0, 0.05) is 16.7 Å². The maximum absolute atomic E-state index is 12.4. The molecule has 0 unspecified atom stereocenters. The van der Waals surface area contributed by atoms with Crippen molar-refractivity contribution in [2.45, 2.75) is 13.0 Å². The Morgan fingerprint density at radius 3 is 2.48 bits per heavy atom. The molecule has 0 fully saturated rings. The first-order chi connectivity index (χ1) is 10.2. The third-order valence-electron chi connectivity index (χ3n) is 2.76. The normalized spacial score (nSPS) is 10.8. The molecule has 2 aromatic carbocycles. The Hall–Kier alpha value is -2.74. The quantitative estimate of drug-likeness (QED) is 0.617. The third-order valence-corrected chi connectivity index (χ3v) is 2.76. The van der Waals surface area contributed by atoms with Crippen LogP contribution in [-0.4, -0.2) is 6.21 Å². The fourth-order valence-electron chi connectivity index (χ4n) is 1.65. The lowest BCUT2D eigenvalue weighted by atomic mass is 10.1. The van der Waals surface area contributed by atoms with Crippen molar-refractivity contribution >= 4 is 6.21 Å². The van der Waals surface area contributed by atoms with Gasteiger partial charge in [0.25, 0.3) is 6.43 Å². The number of nitriles is 1. The minimum Gasteiger partial charge on any atom is -0.390 e. The van der Waals surface area contributed by atoms with Crippen LogP contribution in [0.2, 0.25) is 0 Å². The minimum atomic E-state index is -2.49. The third kappa shape index (κ3) is 4.11. The number of hydrogen-bond donors (Lipinski definition) is 0. The second-order valence-electron chi connectivity index (χ2n) is 4.17. The van der Waals surface area contributed by atoms with Crippen molar-refractivity contribution < 1.29 is 13.6 Å². The minimum absolute atomic E-state index is 0.0515. The largest absolute Gasteiger partial charge is 0.390 e. The standard InChI is InChI=1S/C16H11F2N2O/c17-16(18)13-7-5-12(6-8-13)10-20-21-11-15-4-2-1-3-14(15)9-19/h1-8,16H,11H2. The zero-order valence-electron chi connectivity index (χ0n) is 11.0. The van der Waals surface area contributed by atoms with Crippen molar-refractivity contribution in [3.63, 3.8) is 0 Å². The van der Waals surface area contributed by atoms with Crippen LogP contribution in [0.5, 0.6) is 0 Å². The van der Waals surface area contributed by atoms with Crippen LogP contribution in [0, 0.1) is 11.3 Å². The van der Waals surface area contributed by atoms with E-state index >= 15 is 0 Å². The molecule has 0 aliphatic heterocycles. The van der Waals surface area contributed by atoms with Crippen molar-refractivity contribution in [2.24, 2.45) is 5.16 Å². The van der Waals surface area contributed by atoms with Crippen molar-refractivity contribution in [3.05, 3.63) is 70.8 Å². The average Bonchev–Trinajstić information content (AvgIpc) is 2.52. The molecule has 0 aliphatic carbocycles. The second-order valence-corrected chi connectivity index (χ2v) is 4.17. The molecule has 21 heavy (non-hydrogen) atoms. The van der Waals surface area contributed by atoms with Crippen LogP contribution in [0.25, 0.3) is 0 Å². The maximum atomic E-state index is 12.4. The molecule has 0 amide bonds. The van der Waals surface area contributed by atoms with Crippen LogP contribution < -0.4 is 0 Å². The summed E-state index contributed by atoms with van der Waals surface area (Å²) < 4.78 is 24.7. The zero-order chi connectivity index (χ0) is 15.1. The molecule has 0 N–H and O–H groups in total. The second kappa shape index (κ2) is 7.15. The van der Waals surface area contributed by atoms with E-state index in [1.807, 2.05) is 0 Å². The number of rotatable bonds is 5. The lowest BCUT2D eigenvalue weighted by molar-refractivity contribution is 0.132. The molecular weight excluding hydrogens is 274 g/mol. The zero-order valence-corrected chi connectivity index (χ0v) is 11.0. The molecule has 0 saturated heterocycles. The lowest BCUT2D eigenvalue weighted by Crippen LogP contribution is -1.92. The summed E-state index contributed by atoms with van der Waals surface area (Å²) >= 11 is 0. The van der Waals surface area contributed by atoms with Gasteiger partial charge in [0.1, 0.15) is 12.8 Å². The predicted molar refractivity (Wildman–Crippen MR) is 73.9 cm³/mol. The van der Waals surface area contributed by atoms with Crippen molar-refractivity contribution in [1.29, 1.82) is 5.26 Å². The first-order valence-corrected chi connectivity index (χ1v) is 6.15. The number of halogens is 2. The van der Waals surface area contributed by atoms with Gasteiger partial charge < -0.3 is 4.84 Å². The Balaban J connectivity index is 1.92. The Kier molecular flexibility index (Phi) is 4.99. The molecule has 0 aliphatic rings. The van der Waals surface area contributed by atoms with Gasteiger partial charge in [-0.1, -0.05) is 47.6 Å². The summed E-state index contributed by atoms with van der Waals surface area (Å²) in [6, 6.07) is 14.7. The molecule has 2 rings (SSSR count). The van der Waals surface area contributed by atoms with Gasteiger partial charge in [-0.2, -0.15) is 5.26 Å². The SMILES string of the molecule is N#Cc1ccccc1CO/N=[C]\c1ccc(C(F)F)cc1. The van der Waals surface area contributed by atoms with E-state index in [1.165, 1.54) is 24.3 Å². The van der Waals surface area contributed by atoms with E-state index in [1.54, 1.807) is 24.3 Å². The van der Waals surface area contributed by atoms with Gasteiger partial charge in [0.2, 0.25) is 0 Å². The summed E-state index contributed by atoms with van der Waals surface area (Å²) in [6.45, 7) is 0.145. The van der Waals surface area contributed by atoms with Gasteiger partial charge in [0.15, 0.2) is 0 Å². The molecule has 0 heterocycles. The molecule has 1 radical (unpaired) electrons. The fraction of sp³-hybridized carbons (Fsp3) is 0.125. The monoisotopic (exact) mass is 285 g/mol. The number of hydrogen-bond acceptors (Lipinski definition) is 3. The van der Waals surface area contributed by atoms with E-state index in [-0.39, 0.29) is 12.2 Å². The molecular formula is C16H11F2N2O. The topological polar surface area (TPSA) is 45.4 Å². The highest BCUT2D eigenvalue weighted by molar-refractivity contribution is 5.79. The van der Waals surface area contributed by atoms with Gasteiger partial charge in [-0.15, -0.1) is 0 Å². The highest BCUT2D eigenvalue weighted by atomic mass is 19.3. The van der Waals surface area contributed by atoms with Gasteiger partial charge in [-0.3, -0.25) is 0 Å². The van der Waals surface area contributed by atoms with Gasteiger partial charge in [0.05, 0.1) is 11.6 Å². The molecule has 0 atom stereocenters. The van der Waals surface area contributed by atoms with Gasteiger partial charge in [-0.25, -0.2) is 8.78 Å². The maximum Gasteiger partial charge on any atom is 0.263 e. The van der Waals surface area contributed by atoms with Crippen molar-refractivity contribution in [3.8, 4) is 6.07 Å².